The molecule has 134 valence electrons. The molecule has 5 rings (SSSR count). The molecule has 0 radical (unpaired) electrons. The smallest absolute Gasteiger partial charge is 0.0645 e. The molecule has 27 heavy (non-hydrogen) atoms. The van der Waals surface area contributed by atoms with Crippen molar-refractivity contribution in [3.63, 3.8) is 0 Å². The van der Waals surface area contributed by atoms with E-state index in [4.69, 9.17) is 0 Å². The normalized spacial score (nSPS) is 14.9. The van der Waals surface area contributed by atoms with Crippen molar-refractivity contribution in [2.45, 2.75) is 38.8 Å². The Morgan fingerprint density at radius 1 is 0.519 bits per heavy atom. The molecule has 4 aromatic carbocycles. The van der Waals surface area contributed by atoms with Gasteiger partial charge in [0.1, 0.15) is 8.07 Å². The van der Waals surface area contributed by atoms with Crippen LogP contribution in [0.2, 0.25) is 11.1 Å². The third kappa shape index (κ3) is 2.15. The Bertz CT molecular complexity index is 1090. The fourth-order valence-electron chi connectivity index (χ4n) is 5.67. The lowest BCUT2D eigenvalue weighted by molar-refractivity contribution is 0.931. The van der Waals surface area contributed by atoms with E-state index in [1.807, 2.05) is 0 Å². The van der Waals surface area contributed by atoms with Crippen LogP contribution in [0.25, 0.3) is 32.7 Å². The van der Waals surface area contributed by atoms with Gasteiger partial charge in [0.2, 0.25) is 0 Å². The predicted octanol–water partition coefficient (Wildman–Crippen LogP) is 6.36. The number of fused-ring (bicyclic) bond motifs is 5. The lowest BCUT2D eigenvalue weighted by Crippen LogP contribution is -2.60. The van der Waals surface area contributed by atoms with E-state index in [9.17, 15) is 0 Å². The van der Waals surface area contributed by atoms with Crippen molar-refractivity contribution < 1.29 is 0 Å². The van der Waals surface area contributed by atoms with Crippen LogP contribution in [0.3, 0.4) is 0 Å². The van der Waals surface area contributed by atoms with Gasteiger partial charge in [-0.2, -0.15) is 0 Å². The summed E-state index contributed by atoms with van der Waals surface area (Å²) in [7, 11) is -1.86. The standard InChI is InChI=1S/C26H26Si/c1-17(2)27(18(3)4)25-15-21-11-7-5-9-19(21)13-23(25)24-14-20-10-6-8-12-22(20)16-26(24)27/h5-18H,1-4H3. The van der Waals surface area contributed by atoms with Crippen LogP contribution in [0, 0.1) is 0 Å². The van der Waals surface area contributed by atoms with Gasteiger partial charge in [0.25, 0.3) is 0 Å². The second-order valence-corrected chi connectivity index (χ2v) is 13.8. The Labute approximate surface area is 162 Å². The summed E-state index contributed by atoms with van der Waals surface area (Å²) in [6.45, 7) is 9.82. The highest BCUT2D eigenvalue weighted by Gasteiger charge is 2.50. The quantitative estimate of drug-likeness (QED) is 0.362. The molecule has 1 heteroatoms. The molecule has 0 nitrogen and oxygen atoms in total. The molecular weight excluding hydrogens is 340 g/mol. The molecule has 1 aliphatic heterocycles. The van der Waals surface area contributed by atoms with Crippen molar-refractivity contribution in [2.24, 2.45) is 0 Å². The van der Waals surface area contributed by atoms with Gasteiger partial charge in [-0.25, -0.2) is 0 Å². The first-order chi connectivity index (χ1) is 13.0. The van der Waals surface area contributed by atoms with Gasteiger partial charge in [-0.3, -0.25) is 0 Å². The summed E-state index contributed by atoms with van der Waals surface area (Å²) in [5, 5.41) is 8.77. The van der Waals surface area contributed by atoms with Crippen molar-refractivity contribution in [3.05, 3.63) is 72.8 Å². The Morgan fingerprint density at radius 3 is 1.19 bits per heavy atom. The average Bonchev–Trinajstić information content (AvgIpc) is 2.94. The maximum atomic E-state index is 2.53. The summed E-state index contributed by atoms with van der Waals surface area (Å²) in [5.74, 6) is 0. The Hall–Kier alpha value is -2.38. The van der Waals surface area contributed by atoms with Gasteiger partial charge >= 0.3 is 0 Å². The minimum Gasteiger partial charge on any atom is -0.0645 e. The molecule has 4 aromatic rings. The van der Waals surface area contributed by atoms with Gasteiger partial charge in [-0.1, -0.05) is 88.4 Å². The zero-order valence-corrected chi connectivity index (χ0v) is 17.6. The minimum atomic E-state index is -1.86. The van der Waals surface area contributed by atoms with Crippen LogP contribution in [-0.4, -0.2) is 8.07 Å². The summed E-state index contributed by atoms with van der Waals surface area (Å²) >= 11 is 0. The molecule has 0 N–H and O–H groups in total. The van der Waals surface area contributed by atoms with E-state index >= 15 is 0 Å². The van der Waals surface area contributed by atoms with E-state index in [0.717, 1.165) is 0 Å². The van der Waals surface area contributed by atoms with Gasteiger partial charge in [-0.05, 0) is 66.3 Å². The number of hydrogen-bond acceptors (Lipinski definition) is 0. The zero-order chi connectivity index (χ0) is 18.8. The maximum absolute atomic E-state index is 2.53. The molecule has 0 aromatic heterocycles. The second-order valence-electron chi connectivity index (χ2n) is 8.67. The van der Waals surface area contributed by atoms with Crippen molar-refractivity contribution in [3.8, 4) is 11.1 Å². The highest BCUT2D eigenvalue weighted by atomic mass is 28.3. The molecule has 0 unspecified atom stereocenters. The van der Waals surface area contributed by atoms with E-state index in [0.29, 0.717) is 11.1 Å². The van der Waals surface area contributed by atoms with Crippen LogP contribution >= 0.6 is 0 Å². The molecule has 1 heterocycles. The third-order valence-electron chi connectivity index (χ3n) is 6.77. The van der Waals surface area contributed by atoms with Crippen LogP contribution in [0.5, 0.6) is 0 Å². The first-order valence-corrected chi connectivity index (χ1v) is 12.3. The second kappa shape index (κ2) is 5.81. The van der Waals surface area contributed by atoms with Gasteiger partial charge in [0, 0.05) is 0 Å². The van der Waals surface area contributed by atoms with Crippen molar-refractivity contribution >= 4 is 40.0 Å². The highest BCUT2D eigenvalue weighted by Crippen LogP contribution is 2.43. The van der Waals surface area contributed by atoms with Crippen LogP contribution in [0.15, 0.2) is 72.8 Å². The van der Waals surface area contributed by atoms with Crippen LogP contribution in [0.4, 0.5) is 0 Å². The summed E-state index contributed by atoms with van der Waals surface area (Å²) in [6.07, 6.45) is 0. The van der Waals surface area contributed by atoms with Gasteiger partial charge < -0.3 is 0 Å². The van der Waals surface area contributed by atoms with Crippen molar-refractivity contribution in [1.82, 2.24) is 0 Å². The number of hydrogen-bond donors (Lipinski definition) is 0. The van der Waals surface area contributed by atoms with Crippen molar-refractivity contribution in [2.75, 3.05) is 0 Å². The molecule has 1 aliphatic rings. The first-order valence-electron chi connectivity index (χ1n) is 10.1. The van der Waals surface area contributed by atoms with Crippen LogP contribution in [-0.2, 0) is 0 Å². The van der Waals surface area contributed by atoms with E-state index in [1.54, 1.807) is 10.4 Å². The monoisotopic (exact) mass is 366 g/mol. The van der Waals surface area contributed by atoms with Gasteiger partial charge in [0.15, 0.2) is 0 Å². The first kappa shape index (κ1) is 16.8. The lowest BCUT2D eigenvalue weighted by atomic mass is 9.99. The number of rotatable bonds is 2. The third-order valence-corrected chi connectivity index (χ3v) is 13.0. The van der Waals surface area contributed by atoms with Crippen LogP contribution in [0.1, 0.15) is 27.7 Å². The SMILES string of the molecule is CC(C)[Si]1(C(C)C)c2cc3ccccc3cc2-c2cc3ccccc3cc21. The van der Waals surface area contributed by atoms with E-state index < -0.39 is 8.07 Å². The molecule has 0 fully saturated rings. The Morgan fingerprint density at radius 2 is 0.852 bits per heavy atom. The average molecular weight is 367 g/mol. The molecule has 0 saturated carbocycles. The Balaban J connectivity index is 1.97. The van der Waals surface area contributed by atoms with E-state index in [-0.39, 0.29) is 0 Å². The van der Waals surface area contributed by atoms with Crippen LogP contribution < -0.4 is 10.4 Å². The molecule has 0 saturated heterocycles. The van der Waals surface area contributed by atoms with E-state index in [1.165, 1.54) is 32.7 Å². The van der Waals surface area contributed by atoms with E-state index in [2.05, 4.69) is 100 Å². The highest BCUT2D eigenvalue weighted by molar-refractivity contribution is 7.07. The molecule has 0 spiro atoms. The molecular formula is C26H26Si. The largest absolute Gasteiger partial charge is 0.124 e. The van der Waals surface area contributed by atoms with Gasteiger partial charge in [0.05, 0.1) is 0 Å². The Kier molecular flexibility index (Phi) is 3.61. The summed E-state index contributed by atoms with van der Waals surface area (Å²) < 4.78 is 0. The number of benzene rings is 4. The molecule has 0 bridgehead atoms. The minimum absolute atomic E-state index is 0.667. The fourth-order valence-corrected chi connectivity index (χ4v) is 11.9. The van der Waals surface area contributed by atoms with Gasteiger partial charge in [-0.15, -0.1) is 0 Å². The molecule has 0 aliphatic carbocycles. The topological polar surface area (TPSA) is 0 Å². The lowest BCUT2D eigenvalue weighted by Gasteiger charge is -2.38. The summed E-state index contributed by atoms with van der Waals surface area (Å²) in [4.78, 5) is 0. The molecule has 0 amide bonds. The summed E-state index contributed by atoms with van der Waals surface area (Å²) in [5.41, 5.74) is 4.31. The fraction of sp³-hybridized carbons (Fsp3) is 0.231. The van der Waals surface area contributed by atoms with Crippen molar-refractivity contribution in [1.29, 1.82) is 0 Å². The predicted molar refractivity (Wildman–Crippen MR) is 122 cm³/mol. The summed E-state index contributed by atoms with van der Waals surface area (Å²) in [6, 6.07) is 27.7. The molecule has 0 atom stereocenters. The zero-order valence-electron chi connectivity index (χ0n) is 16.6. The maximum Gasteiger partial charge on any atom is 0.124 e.